The molecule has 1 saturated carbocycles. The summed E-state index contributed by atoms with van der Waals surface area (Å²) in [5.74, 6) is 0.576. The quantitative estimate of drug-likeness (QED) is 0.882. The van der Waals surface area contributed by atoms with E-state index in [2.05, 4.69) is 15.6 Å². The molecule has 5 heteroatoms. The lowest BCUT2D eigenvalue weighted by molar-refractivity contribution is 0.0938. The molecule has 0 bridgehead atoms. The third kappa shape index (κ3) is 3.13. The molecule has 0 aliphatic heterocycles. The van der Waals surface area contributed by atoms with Gasteiger partial charge in [0.2, 0.25) is 0 Å². The highest BCUT2D eigenvalue weighted by Crippen LogP contribution is 2.21. The number of nitrogens with one attached hydrogen (secondary N) is 2. The van der Waals surface area contributed by atoms with Gasteiger partial charge in [-0.25, -0.2) is 4.98 Å². The van der Waals surface area contributed by atoms with Gasteiger partial charge in [0, 0.05) is 18.8 Å². The minimum absolute atomic E-state index is 0.103. The molecule has 2 N–H and O–H groups in total. The Labute approximate surface area is 112 Å². The lowest BCUT2D eigenvalue weighted by Gasteiger charge is -2.13. The summed E-state index contributed by atoms with van der Waals surface area (Å²) in [4.78, 5) is 16.2. The molecule has 1 amide bonds. The van der Waals surface area contributed by atoms with Gasteiger partial charge in [-0.3, -0.25) is 4.79 Å². The second-order valence-electron chi connectivity index (χ2n) is 4.53. The van der Waals surface area contributed by atoms with Gasteiger partial charge in [-0.15, -0.1) is 0 Å². The number of carbonyl (C=O) groups excluding carboxylic acids is 1. The van der Waals surface area contributed by atoms with E-state index < -0.39 is 0 Å². The first-order valence-electron chi connectivity index (χ1n) is 6.41. The monoisotopic (exact) mass is 267 g/mol. The Hall–Kier alpha value is -1.29. The average Bonchev–Trinajstić information content (AvgIpc) is 2.84. The van der Waals surface area contributed by atoms with Crippen molar-refractivity contribution in [2.24, 2.45) is 0 Å². The van der Waals surface area contributed by atoms with Crippen LogP contribution in [0.4, 0.5) is 5.82 Å². The topological polar surface area (TPSA) is 54.0 Å². The van der Waals surface area contributed by atoms with E-state index in [-0.39, 0.29) is 5.91 Å². The van der Waals surface area contributed by atoms with Gasteiger partial charge < -0.3 is 10.6 Å². The van der Waals surface area contributed by atoms with Crippen LogP contribution in [-0.2, 0) is 0 Å². The minimum Gasteiger partial charge on any atom is -0.370 e. The third-order valence-electron chi connectivity index (χ3n) is 3.15. The van der Waals surface area contributed by atoms with Crippen LogP contribution in [0.15, 0.2) is 12.3 Å². The van der Waals surface area contributed by atoms with Crippen LogP contribution in [0.1, 0.15) is 43.0 Å². The maximum atomic E-state index is 12.1. The van der Waals surface area contributed by atoms with Crippen LogP contribution in [0, 0.1) is 0 Å². The van der Waals surface area contributed by atoms with Gasteiger partial charge in [-0.2, -0.15) is 0 Å². The van der Waals surface area contributed by atoms with Crippen molar-refractivity contribution in [3.8, 4) is 0 Å². The van der Waals surface area contributed by atoms with Crippen LogP contribution in [0.5, 0.6) is 0 Å². The molecular formula is C13H18ClN3O. The fourth-order valence-electron chi connectivity index (χ4n) is 2.22. The van der Waals surface area contributed by atoms with Crippen molar-refractivity contribution in [3.63, 3.8) is 0 Å². The molecule has 98 valence electrons. The molecule has 1 fully saturated rings. The first-order chi connectivity index (χ1) is 8.70. The Balaban J connectivity index is 2.09. The van der Waals surface area contributed by atoms with Crippen LogP contribution in [0.3, 0.4) is 0 Å². The largest absolute Gasteiger partial charge is 0.370 e. The van der Waals surface area contributed by atoms with Gasteiger partial charge in [0.05, 0.1) is 10.6 Å². The predicted molar refractivity (Wildman–Crippen MR) is 73.1 cm³/mol. The highest BCUT2D eigenvalue weighted by Gasteiger charge is 2.19. The van der Waals surface area contributed by atoms with Crippen molar-refractivity contribution in [2.75, 3.05) is 11.9 Å². The maximum absolute atomic E-state index is 12.1. The summed E-state index contributed by atoms with van der Waals surface area (Å²) in [6, 6.07) is 2.00. The number of hydrogen-bond donors (Lipinski definition) is 2. The van der Waals surface area contributed by atoms with Gasteiger partial charge in [0.15, 0.2) is 0 Å². The third-order valence-corrected chi connectivity index (χ3v) is 3.45. The van der Waals surface area contributed by atoms with Crippen molar-refractivity contribution in [3.05, 3.63) is 22.8 Å². The first kappa shape index (κ1) is 13.1. The molecule has 18 heavy (non-hydrogen) atoms. The van der Waals surface area contributed by atoms with E-state index in [0.717, 1.165) is 19.4 Å². The molecule has 0 aromatic carbocycles. The van der Waals surface area contributed by atoms with Crippen molar-refractivity contribution in [1.82, 2.24) is 10.3 Å². The van der Waals surface area contributed by atoms with Crippen LogP contribution >= 0.6 is 11.6 Å². The fourth-order valence-corrected chi connectivity index (χ4v) is 2.41. The van der Waals surface area contributed by atoms with Crippen molar-refractivity contribution in [2.45, 2.75) is 38.6 Å². The standard InChI is InChI=1S/C13H18ClN3O/c1-2-15-12-7-10(11(14)8-16-12)13(18)17-9-5-3-4-6-9/h7-9H,2-6H2,1H3,(H,15,16)(H,17,18). The normalized spacial score (nSPS) is 15.7. The Morgan fingerprint density at radius 2 is 2.22 bits per heavy atom. The van der Waals surface area contributed by atoms with Crippen LogP contribution in [0.2, 0.25) is 5.02 Å². The average molecular weight is 268 g/mol. The van der Waals surface area contributed by atoms with Crippen molar-refractivity contribution < 1.29 is 4.79 Å². The number of hydrogen-bond acceptors (Lipinski definition) is 3. The Morgan fingerprint density at radius 1 is 1.50 bits per heavy atom. The Morgan fingerprint density at radius 3 is 2.89 bits per heavy atom. The summed E-state index contributed by atoms with van der Waals surface area (Å²) in [7, 11) is 0. The number of amides is 1. The zero-order valence-electron chi connectivity index (χ0n) is 10.5. The number of carbonyl (C=O) groups is 1. The molecule has 1 heterocycles. The molecule has 1 aromatic rings. The molecule has 1 aromatic heterocycles. The first-order valence-corrected chi connectivity index (χ1v) is 6.78. The van der Waals surface area contributed by atoms with Gasteiger partial charge in [0.1, 0.15) is 5.82 Å². The summed E-state index contributed by atoms with van der Waals surface area (Å²) in [5, 5.41) is 6.50. The van der Waals surface area contributed by atoms with E-state index in [4.69, 9.17) is 11.6 Å². The molecule has 4 nitrogen and oxygen atoms in total. The summed E-state index contributed by atoms with van der Waals surface area (Å²) in [5.41, 5.74) is 0.495. The van der Waals surface area contributed by atoms with Crippen molar-refractivity contribution >= 4 is 23.3 Å². The van der Waals surface area contributed by atoms with Crippen LogP contribution < -0.4 is 10.6 Å². The van der Waals surface area contributed by atoms with E-state index in [1.807, 2.05) is 6.92 Å². The summed E-state index contributed by atoms with van der Waals surface area (Å²) >= 11 is 6.03. The van der Waals surface area contributed by atoms with E-state index in [9.17, 15) is 4.79 Å². The molecule has 1 aliphatic carbocycles. The maximum Gasteiger partial charge on any atom is 0.253 e. The van der Waals surface area contributed by atoms with Crippen molar-refractivity contribution in [1.29, 1.82) is 0 Å². The molecule has 0 saturated heterocycles. The summed E-state index contributed by atoms with van der Waals surface area (Å²) in [6.45, 7) is 2.74. The second kappa shape index (κ2) is 6.05. The van der Waals surface area contributed by atoms with E-state index in [0.29, 0.717) is 22.4 Å². The van der Waals surface area contributed by atoms with Gasteiger partial charge in [-0.05, 0) is 25.8 Å². The fraction of sp³-hybridized carbons (Fsp3) is 0.538. The minimum atomic E-state index is -0.103. The molecule has 0 unspecified atom stereocenters. The molecule has 0 radical (unpaired) electrons. The lowest BCUT2D eigenvalue weighted by Crippen LogP contribution is -2.32. The number of pyridine rings is 1. The second-order valence-corrected chi connectivity index (χ2v) is 4.94. The summed E-state index contributed by atoms with van der Waals surface area (Å²) in [6.07, 6.45) is 6.03. The number of rotatable bonds is 4. The highest BCUT2D eigenvalue weighted by atomic mass is 35.5. The molecule has 0 atom stereocenters. The van der Waals surface area contributed by atoms with E-state index in [1.54, 1.807) is 6.07 Å². The smallest absolute Gasteiger partial charge is 0.253 e. The number of halogens is 1. The van der Waals surface area contributed by atoms with Gasteiger partial charge in [0.25, 0.3) is 5.91 Å². The van der Waals surface area contributed by atoms with Gasteiger partial charge >= 0.3 is 0 Å². The predicted octanol–water partition coefficient (Wildman–Crippen LogP) is 2.84. The summed E-state index contributed by atoms with van der Waals surface area (Å²) < 4.78 is 0. The van der Waals surface area contributed by atoms with Crippen LogP contribution in [-0.4, -0.2) is 23.5 Å². The SMILES string of the molecule is CCNc1cc(C(=O)NC2CCCC2)c(Cl)cn1. The van der Waals surface area contributed by atoms with E-state index in [1.165, 1.54) is 19.0 Å². The number of aromatic nitrogens is 1. The highest BCUT2D eigenvalue weighted by molar-refractivity contribution is 6.33. The molecule has 2 rings (SSSR count). The zero-order chi connectivity index (χ0) is 13.0. The molecule has 1 aliphatic rings. The van der Waals surface area contributed by atoms with E-state index >= 15 is 0 Å². The number of nitrogens with zero attached hydrogens (tertiary/aromatic N) is 1. The Kier molecular flexibility index (Phi) is 4.42. The number of anilines is 1. The molecule has 0 spiro atoms. The zero-order valence-corrected chi connectivity index (χ0v) is 11.3. The lowest BCUT2D eigenvalue weighted by atomic mass is 10.2. The Bertz CT molecular complexity index is 430. The molecular weight excluding hydrogens is 250 g/mol. The van der Waals surface area contributed by atoms with Crippen LogP contribution in [0.25, 0.3) is 0 Å². The van der Waals surface area contributed by atoms with Gasteiger partial charge in [-0.1, -0.05) is 24.4 Å².